The lowest BCUT2D eigenvalue weighted by atomic mass is 9.99. The van der Waals surface area contributed by atoms with Gasteiger partial charge in [-0.15, -0.1) is 0 Å². The number of halogens is 3. The molecule has 1 N–H and O–H groups in total. The molecule has 0 aliphatic carbocycles. The summed E-state index contributed by atoms with van der Waals surface area (Å²) in [5, 5.41) is 2.71. The SMILES string of the molecule is CN1CCN(Cc2ccc(NC(=O)c3cc(Oc4nc(-c5ccncc5)nc5ccn(C)c45)ccc3-c3ccncc3)cc2C(F)(F)F)CC1. The van der Waals surface area contributed by atoms with Crippen LogP contribution in [0.25, 0.3) is 33.5 Å². The molecule has 1 aliphatic heterocycles. The number of benzene rings is 2. The van der Waals surface area contributed by atoms with Gasteiger partial charge in [0.15, 0.2) is 5.82 Å². The van der Waals surface area contributed by atoms with Gasteiger partial charge in [0.2, 0.25) is 5.88 Å². The number of fused-ring (bicyclic) bond motifs is 1. The third-order valence-electron chi connectivity index (χ3n) is 8.73. The van der Waals surface area contributed by atoms with Crippen molar-refractivity contribution in [2.24, 2.45) is 7.05 Å². The molecule has 0 atom stereocenters. The number of carbonyl (C=O) groups excluding carboxylic acids is 1. The van der Waals surface area contributed by atoms with E-state index in [0.29, 0.717) is 46.8 Å². The molecule has 1 amide bonds. The average molecular weight is 679 g/mol. The normalized spacial score (nSPS) is 14.2. The summed E-state index contributed by atoms with van der Waals surface area (Å²) in [5.74, 6) is 0.395. The van der Waals surface area contributed by atoms with Crippen LogP contribution in [0, 0.1) is 0 Å². The summed E-state index contributed by atoms with van der Waals surface area (Å²) >= 11 is 0. The number of likely N-dealkylation sites (N-methyl/N-ethyl adjacent to an activating group) is 1. The predicted molar refractivity (Wildman–Crippen MR) is 184 cm³/mol. The fourth-order valence-electron chi connectivity index (χ4n) is 6.03. The maximum atomic E-state index is 14.3. The molecule has 13 heteroatoms. The average Bonchev–Trinajstić information content (AvgIpc) is 3.50. The van der Waals surface area contributed by atoms with Gasteiger partial charge in [0.25, 0.3) is 5.91 Å². The molecular weight excluding hydrogens is 645 g/mol. The van der Waals surface area contributed by atoms with Crippen molar-refractivity contribution in [1.82, 2.24) is 34.3 Å². The molecule has 0 radical (unpaired) electrons. The molecule has 10 nitrogen and oxygen atoms in total. The van der Waals surface area contributed by atoms with Crippen LogP contribution >= 0.6 is 0 Å². The van der Waals surface area contributed by atoms with E-state index in [0.717, 1.165) is 24.7 Å². The molecule has 2 aromatic carbocycles. The summed E-state index contributed by atoms with van der Waals surface area (Å²) in [6, 6.07) is 17.9. The fourth-order valence-corrected chi connectivity index (χ4v) is 6.03. The van der Waals surface area contributed by atoms with Gasteiger partial charge < -0.3 is 19.5 Å². The number of nitrogens with one attached hydrogen (secondary N) is 1. The molecule has 1 saturated heterocycles. The van der Waals surface area contributed by atoms with Crippen LogP contribution in [0.1, 0.15) is 21.5 Å². The van der Waals surface area contributed by atoms with E-state index in [9.17, 15) is 18.0 Å². The number of aryl methyl sites for hydroxylation is 1. The van der Waals surface area contributed by atoms with E-state index >= 15 is 0 Å². The summed E-state index contributed by atoms with van der Waals surface area (Å²) in [6.45, 7) is 3.10. The van der Waals surface area contributed by atoms with Crippen LogP contribution in [-0.4, -0.2) is 73.4 Å². The van der Waals surface area contributed by atoms with Gasteiger partial charge in [0, 0.05) is 82.0 Å². The number of rotatable bonds is 8. The summed E-state index contributed by atoms with van der Waals surface area (Å²) in [4.78, 5) is 35.7. The zero-order valence-electron chi connectivity index (χ0n) is 27.4. The van der Waals surface area contributed by atoms with E-state index in [2.05, 4.69) is 25.2 Å². The zero-order valence-corrected chi connectivity index (χ0v) is 27.4. The van der Waals surface area contributed by atoms with Crippen molar-refractivity contribution in [2.45, 2.75) is 12.7 Å². The fraction of sp³-hybridized carbons (Fsp3) is 0.216. The van der Waals surface area contributed by atoms with Crippen molar-refractivity contribution < 1.29 is 22.7 Å². The van der Waals surface area contributed by atoms with E-state index in [1.807, 2.05) is 35.8 Å². The van der Waals surface area contributed by atoms with Crippen LogP contribution in [0.2, 0.25) is 0 Å². The number of piperazine rings is 1. The van der Waals surface area contributed by atoms with Crippen molar-refractivity contribution in [2.75, 3.05) is 38.5 Å². The number of anilines is 1. The topological polar surface area (TPSA) is 101 Å². The molecule has 0 unspecified atom stereocenters. The highest BCUT2D eigenvalue weighted by atomic mass is 19.4. The number of alkyl halides is 3. The number of carbonyl (C=O) groups is 1. The third-order valence-corrected chi connectivity index (χ3v) is 8.73. The lowest BCUT2D eigenvalue weighted by Crippen LogP contribution is -2.44. The van der Waals surface area contributed by atoms with E-state index in [4.69, 9.17) is 9.72 Å². The Morgan fingerprint density at radius 1 is 0.840 bits per heavy atom. The molecule has 4 aromatic heterocycles. The van der Waals surface area contributed by atoms with Gasteiger partial charge in [-0.3, -0.25) is 19.7 Å². The van der Waals surface area contributed by atoms with Crippen molar-refractivity contribution in [3.63, 3.8) is 0 Å². The second-order valence-corrected chi connectivity index (χ2v) is 12.2. The number of hydrogen-bond acceptors (Lipinski definition) is 8. The quantitative estimate of drug-likeness (QED) is 0.186. The number of hydrogen-bond donors (Lipinski definition) is 1. The van der Waals surface area contributed by atoms with Crippen LogP contribution < -0.4 is 10.1 Å². The number of ether oxygens (including phenoxy) is 1. The number of pyridine rings is 2. The monoisotopic (exact) mass is 678 g/mol. The number of nitrogens with zero attached hydrogens (tertiary/aromatic N) is 7. The van der Waals surface area contributed by atoms with E-state index in [1.165, 1.54) is 12.1 Å². The minimum Gasteiger partial charge on any atom is -0.437 e. The summed E-state index contributed by atoms with van der Waals surface area (Å²) < 4.78 is 51.2. The summed E-state index contributed by atoms with van der Waals surface area (Å²) in [6.07, 6.45) is 3.74. The Hall–Kier alpha value is -5.66. The first-order valence-electron chi connectivity index (χ1n) is 16.0. The highest BCUT2D eigenvalue weighted by Gasteiger charge is 2.34. The van der Waals surface area contributed by atoms with Crippen LogP contribution in [0.5, 0.6) is 11.6 Å². The highest BCUT2D eigenvalue weighted by molar-refractivity contribution is 6.09. The zero-order chi connectivity index (χ0) is 34.8. The van der Waals surface area contributed by atoms with E-state index < -0.39 is 17.6 Å². The van der Waals surface area contributed by atoms with Crippen LogP contribution in [-0.2, 0) is 19.8 Å². The van der Waals surface area contributed by atoms with Gasteiger partial charge >= 0.3 is 6.18 Å². The molecular formula is C37H33F3N8O2. The maximum absolute atomic E-state index is 14.3. The Labute approximate surface area is 286 Å². The minimum atomic E-state index is -4.60. The van der Waals surface area contributed by atoms with E-state index in [-0.39, 0.29) is 29.2 Å². The molecule has 254 valence electrons. The smallest absolute Gasteiger partial charge is 0.416 e. The van der Waals surface area contributed by atoms with Gasteiger partial charge in [0.1, 0.15) is 11.3 Å². The first-order chi connectivity index (χ1) is 24.1. The predicted octanol–water partition coefficient (Wildman–Crippen LogP) is 6.90. The Balaban J connectivity index is 1.23. The molecule has 0 saturated carbocycles. The van der Waals surface area contributed by atoms with Crippen LogP contribution in [0.15, 0.2) is 97.7 Å². The molecule has 1 fully saturated rings. The summed E-state index contributed by atoms with van der Waals surface area (Å²) in [5.41, 5.74) is 2.89. The Kier molecular flexibility index (Phi) is 9.00. The van der Waals surface area contributed by atoms with Crippen LogP contribution in [0.4, 0.5) is 18.9 Å². The third kappa shape index (κ3) is 7.05. The van der Waals surface area contributed by atoms with Crippen molar-refractivity contribution in [3.05, 3.63) is 114 Å². The van der Waals surface area contributed by atoms with Crippen molar-refractivity contribution in [3.8, 4) is 34.1 Å². The van der Waals surface area contributed by atoms with Gasteiger partial charge in [-0.05, 0) is 84.4 Å². The van der Waals surface area contributed by atoms with Crippen molar-refractivity contribution >= 4 is 22.6 Å². The Bertz CT molecular complexity index is 2150. The molecule has 50 heavy (non-hydrogen) atoms. The molecule has 7 rings (SSSR count). The summed E-state index contributed by atoms with van der Waals surface area (Å²) in [7, 11) is 3.84. The number of amides is 1. The first kappa shape index (κ1) is 32.9. The Morgan fingerprint density at radius 3 is 2.24 bits per heavy atom. The molecule has 0 bridgehead atoms. The Morgan fingerprint density at radius 2 is 1.54 bits per heavy atom. The second-order valence-electron chi connectivity index (χ2n) is 12.2. The largest absolute Gasteiger partial charge is 0.437 e. The van der Waals surface area contributed by atoms with Crippen molar-refractivity contribution in [1.29, 1.82) is 0 Å². The van der Waals surface area contributed by atoms with Crippen LogP contribution in [0.3, 0.4) is 0 Å². The molecule has 6 aromatic rings. The molecule has 0 spiro atoms. The van der Waals surface area contributed by atoms with Gasteiger partial charge in [0.05, 0.1) is 16.6 Å². The lowest BCUT2D eigenvalue weighted by Gasteiger charge is -2.33. The minimum absolute atomic E-state index is 0.0276. The molecule has 1 aliphatic rings. The van der Waals surface area contributed by atoms with E-state index in [1.54, 1.807) is 67.3 Å². The number of aromatic nitrogens is 5. The second kappa shape index (κ2) is 13.7. The van der Waals surface area contributed by atoms with Gasteiger partial charge in [-0.25, -0.2) is 4.98 Å². The lowest BCUT2D eigenvalue weighted by molar-refractivity contribution is -0.138. The molecule has 5 heterocycles. The maximum Gasteiger partial charge on any atom is 0.416 e. The highest BCUT2D eigenvalue weighted by Crippen LogP contribution is 2.36. The standard InChI is InChI=1S/C37H33F3N8O2/c1-46-17-19-48(20-18-46)23-26-3-4-27(21-31(26)37(38,39)40)43-35(49)30-22-28(5-6-29(30)24-7-12-41-13-8-24)50-36-33-32(11-16-47(33)2)44-34(45-36)25-9-14-42-15-10-25/h3-16,21-22H,17-20,23H2,1-2H3,(H,43,49). The van der Waals surface area contributed by atoms with Gasteiger partial charge in [-0.1, -0.05) is 6.07 Å². The van der Waals surface area contributed by atoms with Gasteiger partial charge in [-0.2, -0.15) is 18.2 Å². The first-order valence-corrected chi connectivity index (χ1v) is 16.0.